The zero-order valence-corrected chi connectivity index (χ0v) is 17.2. The van der Waals surface area contributed by atoms with Gasteiger partial charge in [-0.15, -0.1) is 23.5 Å². The Morgan fingerprint density at radius 1 is 0.963 bits per heavy atom. The monoisotopic (exact) mass is 393 g/mol. The average molecular weight is 394 g/mol. The lowest BCUT2D eigenvalue weighted by Gasteiger charge is -2.28. The summed E-state index contributed by atoms with van der Waals surface area (Å²) in [5, 5.41) is 10.5. The summed E-state index contributed by atoms with van der Waals surface area (Å²) in [7, 11) is 0. The van der Waals surface area contributed by atoms with Crippen LogP contribution in [0.3, 0.4) is 0 Å². The van der Waals surface area contributed by atoms with Crippen molar-refractivity contribution in [2.45, 2.75) is 24.2 Å². The van der Waals surface area contributed by atoms with Gasteiger partial charge in [0, 0.05) is 10.5 Å². The van der Waals surface area contributed by atoms with Crippen LogP contribution in [0.25, 0.3) is 0 Å². The van der Waals surface area contributed by atoms with Gasteiger partial charge in [0.05, 0.1) is 6.07 Å². The second kappa shape index (κ2) is 7.71. The molecular weight excluding hydrogens is 374 g/mol. The molecule has 1 amide bonds. The maximum atomic E-state index is 13.1. The molecule has 1 heterocycles. The van der Waals surface area contributed by atoms with Crippen LogP contribution >= 0.6 is 23.5 Å². The van der Waals surface area contributed by atoms with Gasteiger partial charge in [-0.05, 0) is 55.2 Å². The Balaban J connectivity index is 2.12. The predicted molar refractivity (Wildman–Crippen MR) is 114 cm³/mol. The highest BCUT2D eigenvalue weighted by Crippen LogP contribution is 2.35. The van der Waals surface area contributed by atoms with E-state index in [2.05, 4.69) is 16.1 Å². The van der Waals surface area contributed by atoms with Crippen LogP contribution in [0.1, 0.15) is 22.3 Å². The molecule has 0 aliphatic carbocycles. The molecule has 0 spiro atoms. The second-order valence-electron chi connectivity index (χ2n) is 6.25. The van der Waals surface area contributed by atoms with Gasteiger partial charge in [0.25, 0.3) is 5.91 Å². The van der Waals surface area contributed by atoms with Gasteiger partial charge in [0.15, 0.2) is 5.84 Å². The minimum absolute atomic E-state index is 0.353. The molecule has 0 saturated heterocycles. The summed E-state index contributed by atoms with van der Waals surface area (Å²) >= 11 is 2.96. The molecule has 136 valence electrons. The molecule has 1 aliphatic heterocycles. The summed E-state index contributed by atoms with van der Waals surface area (Å²) < 4.78 is 0. The van der Waals surface area contributed by atoms with E-state index in [1.54, 1.807) is 11.8 Å². The van der Waals surface area contributed by atoms with Crippen molar-refractivity contribution in [3.8, 4) is 6.07 Å². The molecule has 1 aliphatic rings. The van der Waals surface area contributed by atoms with E-state index in [4.69, 9.17) is 0 Å². The predicted octanol–water partition coefficient (Wildman–Crippen LogP) is 4.54. The Kier molecular flexibility index (Phi) is 5.54. The van der Waals surface area contributed by atoms with Crippen molar-refractivity contribution in [3.63, 3.8) is 0 Å². The number of carbonyl (C=O) groups excluding carboxylic acids is 1. The van der Waals surface area contributed by atoms with E-state index < -0.39 is 11.3 Å². The van der Waals surface area contributed by atoms with E-state index in [0.717, 1.165) is 21.6 Å². The van der Waals surface area contributed by atoms with E-state index in [1.807, 2.05) is 68.8 Å². The first-order chi connectivity index (χ1) is 13.0. The number of benzene rings is 2. The summed E-state index contributed by atoms with van der Waals surface area (Å²) in [4.78, 5) is 23.0. The maximum Gasteiger partial charge on any atom is 0.279 e. The van der Waals surface area contributed by atoms with Crippen LogP contribution < -0.4 is 0 Å². The fourth-order valence-electron chi connectivity index (χ4n) is 2.93. The lowest BCUT2D eigenvalue weighted by atomic mass is 9.80. The van der Waals surface area contributed by atoms with Crippen molar-refractivity contribution in [3.05, 3.63) is 64.7 Å². The third kappa shape index (κ3) is 3.33. The number of nitriles is 1. The van der Waals surface area contributed by atoms with Crippen LogP contribution in [-0.2, 0) is 10.2 Å². The molecule has 0 fully saturated rings. The lowest BCUT2D eigenvalue weighted by molar-refractivity contribution is -0.119. The number of thioether (sulfide) groups is 2. The van der Waals surface area contributed by atoms with Gasteiger partial charge < -0.3 is 0 Å². The number of carbonyl (C=O) groups is 1. The lowest BCUT2D eigenvalue weighted by Crippen LogP contribution is -2.43. The molecule has 0 bridgehead atoms. The number of hydrogen-bond acceptors (Lipinski definition) is 5. The van der Waals surface area contributed by atoms with E-state index in [-0.39, 0.29) is 0 Å². The number of rotatable bonds is 3. The molecule has 6 heteroatoms. The number of hydrogen-bond donors (Lipinski definition) is 0. The number of amides is 1. The molecular formula is C21H19N3OS2. The third-order valence-electron chi connectivity index (χ3n) is 4.71. The van der Waals surface area contributed by atoms with Crippen molar-refractivity contribution >= 4 is 40.3 Å². The summed E-state index contributed by atoms with van der Waals surface area (Å²) in [6, 6.07) is 15.6. The van der Waals surface area contributed by atoms with Gasteiger partial charge in [-0.2, -0.15) is 10.3 Å². The van der Waals surface area contributed by atoms with Gasteiger partial charge in [0.1, 0.15) is 5.04 Å². The van der Waals surface area contributed by atoms with Crippen LogP contribution in [0, 0.1) is 25.2 Å². The highest BCUT2D eigenvalue weighted by molar-refractivity contribution is 8.13. The molecule has 0 aromatic heterocycles. The normalized spacial score (nSPS) is 19.3. The van der Waals surface area contributed by atoms with E-state index in [1.165, 1.54) is 11.8 Å². The Morgan fingerprint density at radius 2 is 1.67 bits per heavy atom. The zero-order valence-electron chi connectivity index (χ0n) is 15.6. The minimum Gasteiger partial charge on any atom is -0.270 e. The molecule has 2 aromatic rings. The molecule has 0 radical (unpaired) electrons. The van der Waals surface area contributed by atoms with Crippen molar-refractivity contribution in [2.75, 3.05) is 12.5 Å². The van der Waals surface area contributed by atoms with Gasteiger partial charge in [-0.3, -0.25) is 4.79 Å². The zero-order chi connectivity index (χ0) is 19.6. The standard InChI is InChI=1S/C21H19N3OS2/c1-13-5-8-16(11-14(13)2)21(12-22)19(25)23-18(24-20(21)27-4)15-6-9-17(26-3)10-7-15/h5-11H,1-4H3. The number of nitrogens with zero attached hydrogens (tertiary/aromatic N) is 3. The van der Waals surface area contributed by atoms with Gasteiger partial charge in [-0.1, -0.05) is 30.3 Å². The number of aryl methyl sites for hydroxylation is 2. The number of aliphatic imine (C=N–C) groups is 2. The van der Waals surface area contributed by atoms with Crippen LogP contribution in [0.4, 0.5) is 0 Å². The second-order valence-corrected chi connectivity index (χ2v) is 7.93. The van der Waals surface area contributed by atoms with Crippen molar-refractivity contribution in [1.29, 1.82) is 5.26 Å². The highest BCUT2D eigenvalue weighted by Gasteiger charge is 2.48. The Morgan fingerprint density at radius 3 is 2.22 bits per heavy atom. The summed E-state index contributed by atoms with van der Waals surface area (Å²) in [5.41, 5.74) is 2.03. The molecule has 2 aromatic carbocycles. The first kappa shape index (κ1) is 19.4. The summed E-state index contributed by atoms with van der Waals surface area (Å²) in [6.45, 7) is 3.97. The van der Waals surface area contributed by atoms with Gasteiger partial charge in [0.2, 0.25) is 5.41 Å². The minimum atomic E-state index is -1.49. The molecule has 1 atom stereocenters. The topological polar surface area (TPSA) is 65.6 Å². The van der Waals surface area contributed by atoms with Crippen molar-refractivity contribution in [1.82, 2.24) is 0 Å². The van der Waals surface area contributed by atoms with Gasteiger partial charge in [-0.25, -0.2) is 4.99 Å². The van der Waals surface area contributed by atoms with E-state index >= 15 is 0 Å². The SMILES string of the molecule is CSC1=NC(c2ccc(SC)cc2)=NC(=O)C1(C#N)c1ccc(C)c(C)c1. The van der Waals surface area contributed by atoms with Gasteiger partial charge >= 0.3 is 0 Å². The third-order valence-corrected chi connectivity index (χ3v) is 6.23. The average Bonchev–Trinajstić information content (AvgIpc) is 2.69. The first-order valence-corrected chi connectivity index (χ1v) is 10.8. The molecule has 27 heavy (non-hydrogen) atoms. The van der Waals surface area contributed by atoms with Crippen LogP contribution in [-0.4, -0.2) is 29.3 Å². The smallest absolute Gasteiger partial charge is 0.270 e. The molecule has 0 N–H and O–H groups in total. The van der Waals surface area contributed by atoms with Crippen LogP contribution in [0.2, 0.25) is 0 Å². The fraction of sp³-hybridized carbons (Fsp3) is 0.238. The Labute approximate surface area is 167 Å². The maximum absolute atomic E-state index is 13.1. The fourth-order valence-corrected chi connectivity index (χ4v) is 4.07. The molecule has 4 nitrogen and oxygen atoms in total. The van der Waals surface area contributed by atoms with Crippen LogP contribution in [0.15, 0.2) is 57.3 Å². The van der Waals surface area contributed by atoms with Crippen LogP contribution in [0.5, 0.6) is 0 Å². The molecule has 0 saturated carbocycles. The molecule has 3 rings (SSSR count). The quantitative estimate of drug-likeness (QED) is 0.718. The van der Waals surface area contributed by atoms with Crippen molar-refractivity contribution < 1.29 is 4.79 Å². The number of amidine groups is 1. The highest BCUT2D eigenvalue weighted by atomic mass is 32.2. The van der Waals surface area contributed by atoms with E-state index in [9.17, 15) is 10.1 Å². The molecule has 1 unspecified atom stereocenters. The van der Waals surface area contributed by atoms with Crippen molar-refractivity contribution in [2.24, 2.45) is 9.98 Å². The Hall–Kier alpha value is -2.36. The van der Waals surface area contributed by atoms with E-state index in [0.29, 0.717) is 16.4 Å². The summed E-state index contributed by atoms with van der Waals surface area (Å²) in [6.07, 6.45) is 3.84. The largest absolute Gasteiger partial charge is 0.279 e. The Bertz CT molecular complexity index is 1000. The summed E-state index contributed by atoms with van der Waals surface area (Å²) in [5.74, 6) is -0.136. The first-order valence-electron chi connectivity index (χ1n) is 8.36.